The minimum atomic E-state index is -1.18. The number of carbonyl (C=O) groups is 5. The number of hydrogen-bond donors (Lipinski definition) is 0. The zero-order valence-electron chi connectivity index (χ0n) is 23.4. The first-order valence-corrected chi connectivity index (χ1v) is 14.1. The van der Waals surface area contributed by atoms with E-state index in [9.17, 15) is 24.0 Å². The lowest BCUT2D eigenvalue weighted by atomic mass is 9.85. The summed E-state index contributed by atoms with van der Waals surface area (Å²) in [6.07, 6.45) is 4.85. The summed E-state index contributed by atoms with van der Waals surface area (Å²) in [6, 6.07) is 20.3. The summed E-state index contributed by atoms with van der Waals surface area (Å²) in [6.45, 7) is -0.580. The molecule has 1 saturated carbocycles. The zero-order valence-corrected chi connectivity index (χ0v) is 23.4. The molecule has 2 fully saturated rings. The number of rotatable bonds is 10. The summed E-state index contributed by atoms with van der Waals surface area (Å²) in [4.78, 5) is 66.8. The topological polar surface area (TPSA) is 116 Å². The van der Waals surface area contributed by atoms with E-state index in [4.69, 9.17) is 14.2 Å². The molecule has 3 aliphatic rings. The normalized spacial score (nSPS) is 22.3. The molecule has 1 aliphatic heterocycles. The number of nitrogens with zero attached hydrogens (tertiary/aromatic N) is 1. The molecule has 218 valence electrons. The van der Waals surface area contributed by atoms with E-state index in [2.05, 4.69) is 0 Å². The van der Waals surface area contributed by atoms with Gasteiger partial charge in [-0.15, -0.1) is 0 Å². The summed E-state index contributed by atoms with van der Waals surface area (Å²) < 4.78 is 15.9. The Bertz CT molecular complexity index is 1580. The number of imide groups is 1. The van der Waals surface area contributed by atoms with E-state index in [-0.39, 0.29) is 41.4 Å². The first-order chi connectivity index (χ1) is 20.8. The molecule has 2 amide bonds. The monoisotopic (exact) mass is 579 g/mol. The Morgan fingerprint density at radius 2 is 1.49 bits per heavy atom. The average Bonchev–Trinajstić information content (AvgIpc) is 3.73. The van der Waals surface area contributed by atoms with Gasteiger partial charge < -0.3 is 14.2 Å². The number of fused-ring (bicyclic) bond motifs is 5. The first kappa shape index (κ1) is 28.1. The number of methoxy groups -OCH3 is 1. The molecule has 5 atom stereocenters. The number of esters is 2. The van der Waals surface area contributed by atoms with Crippen LogP contribution in [0.25, 0.3) is 0 Å². The van der Waals surface area contributed by atoms with E-state index in [1.165, 1.54) is 31.4 Å². The summed E-state index contributed by atoms with van der Waals surface area (Å²) in [5, 5.41) is 0. The summed E-state index contributed by atoms with van der Waals surface area (Å²) in [5.74, 6) is -2.75. The van der Waals surface area contributed by atoms with Gasteiger partial charge in [0.05, 0.1) is 24.5 Å². The van der Waals surface area contributed by atoms with E-state index in [1.54, 1.807) is 24.3 Å². The molecule has 0 aromatic heterocycles. The fourth-order valence-electron chi connectivity index (χ4n) is 6.29. The van der Waals surface area contributed by atoms with Crippen molar-refractivity contribution >= 4 is 29.5 Å². The third-order valence-corrected chi connectivity index (χ3v) is 8.40. The van der Waals surface area contributed by atoms with Crippen molar-refractivity contribution in [2.75, 3.05) is 13.7 Å². The van der Waals surface area contributed by atoms with Gasteiger partial charge in [-0.2, -0.15) is 0 Å². The van der Waals surface area contributed by atoms with Crippen LogP contribution in [-0.4, -0.2) is 54.2 Å². The highest BCUT2D eigenvalue weighted by atomic mass is 16.5. The van der Waals surface area contributed by atoms with Crippen molar-refractivity contribution in [3.63, 3.8) is 0 Å². The van der Waals surface area contributed by atoms with Crippen molar-refractivity contribution in [1.29, 1.82) is 0 Å². The molecular weight excluding hydrogens is 550 g/mol. The molecule has 0 radical (unpaired) electrons. The molecule has 1 saturated heterocycles. The molecule has 6 rings (SSSR count). The maximum absolute atomic E-state index is 13.5. The molecule has 43 heavy (non-hydrogen) atoms. The average molecular weight is 580 g/mol. The van der Waals surface area contributed by atoms with E-state index >= 15 is 0 Å². The zero-order chi connectivity index (χ0) is 30.1. The van der Waals surface area contributed by atoms with Gasteiger partial charge in [-0.3, -0.25) is 19.3 Å². The third kappa shape index (κ3) is 5.46. The minimum absolute atomic E-state index is 0.00388. The Hall–Kier alpha value is -5.05. The fourth-order valence-corrected chi connectivity index (χ4v) is 6.29. The molecule has 3 aromatic rings. The van der Waals surface area contributed by atoms with E-state index in [0.29, 0.717) is 11.3 Å². The highest BCUT2D eigenvalue weighted by Gasteiger charge is 2.61. The highest BCUT2D eigenvalue weighted by molar-refractivity contribution is 6.09. The Morgan fingerprint density at radius 3 is 2.14 bits per heavy atom. The van der Waals surface area contributed by atoms with Crippen LogP contribution in [0.5, 0.6) is 11.5 Å². The number of ether oxygens (including phenoxy) is 3. The number of likely N-dealkylation sites (tertiary alicyclic amines) is 1. The molecule has 9 heteroatoms. The number of carbonyl (C=O) groups excluding carboxylic acids is 5. The van der Waals surface area contributed by atoms with Crippen LogP contribution in [0.1, 0.15) is 32.7 Å². The van der Waals surface area contributed by atoms with Gasteiger partial charge in [-0.25, -0.2) is 9.59 Å². The van der Waals surface area contributed by atoms with Gasteiger partial charge in [0.1, 0.15) is 17.5 Å². The van der Waals surface area contributed by atoms with Gasteiger partial charge in [-0.1, -0.05) is 48.6 Å². The summed E-state index contributed by atoms with van der Waals surface area (Å²) >= 11 is 0. The Kier molecular flexibility index (Phi) is 7.63. The second kappa shape index (κ2) is 11.7. The summed E-state index contributed by atoms with van der Waals surface area (Å²) in [7, 11) is 1.50. The van der Waals surface area contributed by atoms with Crippen molar-refractivity contribution in [2.24, 2.45) is 23.7 Å². The van der Waals surface area contributed by atoms with Crippen LogP contribution in [0.15, 0.2) is 91.0 Å². The Morgan fingerprint density at radius 1 is 0.814 bits per heavy atom. The third-order valence-electron chi connectivity index (χ3n) is 8.40. The number of amides is 2. The molecule has 3 aromatic carbocycles. The summed E-state index contributed by atoms with van der Waals surface area (Å²) in [5.41, 5.74) is 1.30. The quantitative estimate of drug-likeness (QED) is 0.116. The molecule has 1 heterocycles. The number of benzene rings is 3. The Labute approximate surface area is 248 Å². The van der Waals surface area contributed by atoms with Gasteiger partial charge in [-0.05, 0) is 66.3 Å². The van der Waals surface area contributed by atoms with E-state index in [0.717, 1.165) is 16.9 Å². The lowest BCUT2D eigenvalue weighted by Gasteiger charge is -2.26. The van der Waals surface area contributed by atoms with Crippen LogP contribution in [0.3, 0.4) is 0 Å². The van der Waals surface area contributed by atoms with Crippen molar-refractivity contribution in [2.45, 2.75) is 18.9 Å². The van der Waals surface area contributed by atoms with Gasteiger partial charge >= 0.3 is 11.9 Å². The molecule has 0 N–H and O–H groups in total. The van der Waals surface area contributed by atoms with Crippen LogP contribution in [-0.2, 0) is 25.5 Å². The van der Waals surface area contributed by atoms with Crippen LogP contribution >= 0.6 is 0 Å². The maximum atomic E-state index is 13.5. The molecular formula is C34H29NO8. The SMILES string of the molecule is COc1cccc(C(=O)Oc2ccc(C(=O)COC(=O)C(Cc3ccccc3)N3C(=O)C4C5C=CC(C5)C4C3=O)cc2)c1. The second-order valence-corrected chi connectivity index (χ2v) is 10.9. The number of Topliss-reactive ketones (excluding diaryl/α,β-unsaturated/α-hetero) is 1. The molecule has 2 bridgehead atoms. The largest absolute Gasteiger partial charge is 0.497 e. The fraction of sp³-hybridized carbons (Fsp3) is 0.265. The van der Waals surface area contributed by atoms with Gasteiger partial charge in [0.2, 0.25) is 11.8 Å². The lowest BCUT2D eigenvalue weighted by Crippen LogP contribution is -2.48. The van der Waals surface area contributed by atoms with Crippen molar-refractivity contribution < 1.29 is 38.2 Å². The van der Waals surface area contributed by atoms with Gasteiger partial charge in [0.15, 0.2) is 12.4 Å². The van der Waals surface area contributed by atoms with Crippen LogP contribution in [0, 0.1) is 23.7 Å². The van der Waals surface area contributed by atoms with Crippen LogP contribution in [0.4, 0.5) is 0 Å². The highest BCUT2D eigenvalue weighted by Crippen LogP contribution is 2.53. The number of hydrogen-bond acceptors (Lipinski definition) is 8. The molecule has 2 aliphatic carbocycles. The van der Waals surface area contributed by atoms with Crippen LogP contribution < -0.4 is 9.47 Å². The number of ketones is 1. The van der Waals surface area contributed by atoms with Crippen molar-refractivity contribution in [3.8, 4) is 11.5 Å². The van der Waals surface area contributed by atoms with Gasteiger partial charge in [0, 0.05) is 12.0 Å². The second-order valence-electron chi connectivity index (χ2n) is 10.9. The predicted molar refractivity (Wildman–Crippen MR) is 153 cm³/mol. The lowest BCUT2D eigenvalue weighted by molar-refractivity contribution is -0.158. The predicted octanol–water partition coefficient (Wildman–Crippen LogP) is 4.06. The molecule has 0 spiro atoms. The molecule has 5 unspecified atom stereocenters. The van der Waals surface area contributed by atoms with Crippen molar-refractivity contribution in [1.82, 2.24) is 4.90 Å². The maximum Gasteiger partial charge on any atom is 0.343 e. The number of allylic oxidation sites excluding steroid dienone is 2. The Balaban J connectivity index is 1.12. The first-order valence-electron chi connectivity index (χ1n) is 14.1. The van der Waals surface area contributed by atoms with Crippen molar-refractivity contribution in [3.05, 3.63) is 108 Å². The van der Waals surface area contributed by atoms with E-state index in [1.807, 2.05) is 42.5 Å². The minimum Gasteiger partial charge on any atom is -0.497 e. The van der Waals surface area contributed by atoms with Gasteiger partial charge in [0.25, 0.3) is 0 Å². The molecule has 9 nitrogen and oxygen atoms in total. The smallest absolute Gasteiger partial charge is 0.343 e. The van der Waals surface area contributed by atoms with Crippen LogP contribution in [0.2, 0.25) is 0 Å². The van der Waals surface area contributed by atoms with E-state index < -0.39 is 42.2 Å². The standard InChI is InChI=1S/C34H29NO8/c1-41-26-9-5-8-24(18-26)33(39)43-25-14-12-21(13-15-25)28(36)19-42-34(40)27(16-20-6-3-2-4-7-20)35-31(37)29-22-10-11-23(17-22)30(29)32(35)38/h2-15,18,22-23,27,29-30H,16-17,19H2,1H3.